The maximum atomic E-state index is 9.81. The zero-order valence-corrected chi connectivity index (χ0v) is 9.46. The van der Waals surface area contributed by atoms with Crippen LogP contribution in [-0.2, 0) is 6.42 Å². The lowest BCUT2D eigenvalue weighted by Crippen LogP contribution is -1.82. The summed E-state index contributed by atoms with van der Waals surface area (Å²) in [5, 5.41) is 0. The standard InChI is InChI=1S/C10H13.Al.3FH/c1-3-4-10-7-5-9(2)6-8-10;;;;/h3,5-8H,4H2,1-2H3;;3*1H/q;+3;;;/p-3. The predicted octanol–water partition coefficient (Wildman–Crippen LogP) is 3.64. The zero-order chi connectivity index (χ0) is 11.0. The highest BCUT2D eigenvalue weighted by atomic mass is 27.3. The minimum atomic E-state index is -4.64. The minimum absolute atomic E-state index is 1.08. The molecule has 0 amide bonds. The summed E-state index contributed by atoms with van der Waals surface area (Å²) in [6.07, 6.45) is 3.25. The zero-order valence-electron chi connectivity index (χ0n) is 8.31. The Labute approximate surface area is 88.6 Å². The van der Waals surface area contributed by atoms with Crippen LogP contribution in [0.4, 0.5) is 10.6 Å². The van der Waals surface area contributed by atoms with Crippen LogP contribution in [0, 0.1) is 13.3 Å². The van der Waals surface area contributed by atoms with Gasteiger partial charge in [0.25, 0.3) is 0 Å². The first-order chi connectivity index (χ1) is 6.56. The Morgan fingerprint density at radius 3 is 1.93 bits per heavy atom. The highest BCUT2D eigenvalue weighted by Crippen LogP contribution is 2.04. The van der Waals surface area contributed by atoms with Crippen LogP contribution < -0.4 is 0 Å². The number of aryl methyl sites for hydroxylation is 1. The third-order valence-electron chi connectivity index (χ3n) is 1.56. The van der Waals surface area contributed by atoms with Crippen molar-refractivity contribution in [1.82, 2.24) is 0 Å². The molecular weight excluding hydrogens is 204 g/mol. The van der Waals surface area contributed by atoms with Gasteiger partial charge in [0.05, 0.1) is 0 Å². The van der Waals surface area contributed by atoms with E-state index in [-0.39, 0.29) is 0 Å². The smallest absolute Gasteiger partial charge is 0.346 e. The summed E-state index contributed by atoms with van der Waals surface area (Å²) in [5.41, 5.74) is 2.73. The molecule has 1 aromatic carbocycles. The normalized spacial score (nSPS) is 8.93. The number of benzene rings is 1. The molecule has 0 aromatic heterocycles. The molecule has 1 aromatic rings. The molecule has 0 N–H and O–H groups in total. The molecule has 0 saturated carbocycles. The molecule has 0 unspecified atom stereocenters. The van der Waals surface area contributed by atoms with Crippen molar-refractivity contribution in [2.75, 3.05) is 0 Å². The lowest BCUT2D eigenvalue weighted by Gasteiger charge is -1.96. The fourth-order valence-corrected chi connectivity index (χ4v) is 0.960. The van der Waals surface area contributed by atoms with Crippen molar-refractivity contribution in [3.8, 4) is 0 Å². The molecule has 0 aliphatic heterocycles. The molecule has 4 heteroatoms. The molecule has 0 fully saturated rings. The minimum Gasteiger partial charge on any atom is -0.346 e. The van der Waals surface area contributed by atoms with Crippen LogP contribution in [0.2, 0.25) is 0 Å². The number of hydrogen-bond acceptors (Lipinski definition) is 0. The third-order valence-corrected chi connectivity index (χ3v) is 1.56. The Kier molecular flexibility index (Phi) is 7.64. The van der Waals surface area contributed by atoms with Crippen molar-refractivity contribution in [2.45, 2.75) is 20.3 Å². The highest BCUT2D eigenvalue weighted by Gasteiger charge is 2.21. The molecule has 0 saturated heterocycles. The summed E-state index contributed by atoms with van der Waals surface area (Å²) in [4.78, 5) is 0. The van der Waals surface area contributed by atoms with E-state index in [9.17, 15) is 10.6 Å². The second-order valence-electron chi connectivity index (χ2n) is 2.85. The van der Waals surface area contributed by atoms with Gasteiger partial charge in [-0.1, -0.05) is 36.8 Å². The van der Waals surface area contributed by atoms with Gasteiger partial charge in [-0.3, -0.25) is 0 Å². The molecule has 0 spiro atoms. The molecule has 1 radical (unpaired) electrons. The van der Waals surface area contributed by atoms with E-state index >= 15 is 0 Å². The van der Waals surface area contributed by atoms with Crippen LogP contribution >= 0.6 is 0 Å². The molecular formula is C10H13AlF3. The Morgan fingerprint density at radius 1 is 1.14 bits per heavy atom. The monoisotopic (exact) mass is 217 g/mol. The molecule has 0 nitrogen and oxygen atoms in total. The molecule has 14 heavy (non-hydrogen) atoms. The average Bonchev–Trinajstić information content (AvgIpc) is 2.08. The van der Waals surface area contributed by atoms with Gasteiger partial charge in [-0.2, -0.15) is 0 Å². The maximum Gasteiger partial charge on any atom is 1.04 e. The largest absolute Gasteiger partial charge is 1.04 e. The Morgan fingerprint density at radius 2 is 1.57 bits per heavy atom. The van der Waals surface area contributed by atoms with E-state index in [0.29, 0.717) is 0 Å². The predicted molar refractivity (Wildman–Crippen MR) is 53.9 cm³/mol. The number of rotatable bonds is 2. The van der Waals surface area contributed by atoms with E-state index in [4.69, 9.17) is 0 Å². The lowest BCUT2D eigenvalue weighted by molar-refractivity contribution is 0.535. The summed E-state index contributed by atoms with van der Waals surface area (Å²) in [6.45, 7) is 4.19. The van der Waals surface area contributed by atoms with Crippen LogP contribution in [0.25, 0.3) is 0 Å². The quantitative estimate of drug-likeness (QED) is 0.663. The fourth-order valence-electron chi connectivity index (χ4n) is 0.960. The van der Waals surface area contributed by atoms with Crippen molar-refractivity contribution in [1.29, 1.82) is 0 Å². The highest BCUT2D eigenvalue weighted by molar-refractivity contribution is 6.33. The van der Waals surface area contributed by atoms with E-state index in [2.05, 4.69) is 44.5 Å². The molecule has 0 aliphatic rings. The first kappa shape index (κ1) is 13.5. The van der Waals surface area contributed by atoms with Gasteiger partial charge in [0, 0.05) is 0 Å². The van der Waals surface area contributed by atoms with E-state index in [1.54, 1.807) is 0 Å². The maximum absolute atomic E-state index is 9.81. The Hall–Kier alpha value is -0.458. The molecule has 77 valence electrons. The second kappa shape index (κ2) is 7.90. The molecule has 0 aliphatic carbocycles. The summed E-state index contributed by atoms with van der Waals surface area (Å²) in [5.74, 6) is 0. The van der Waals surface area contributed by atoms with Crippen LogP contribution in [0.5, 0.6) is 0 Å². The first-order valence-corrected chi connectivity index (χ1v) is 5.62. The van der Waals surface area contributed by atoms with E-state index in [1.165, 1.54) is 11.1 Å². The first-order valence-electron chi connectivity index (χ1n) is 4.32. The average molecular weight is 217 g/mol. The topological polar surface area (TPSA) is 0 Å². The van der Waals surface area contributed by atoms with Crippen molar-refractivity contribution in [3.05, 3.63) is 41.8 Å². The number of halogens is 3. The molecule has 0 bridgehead atoms. The van der Waals surface area contributed by atoms with E-state index in [0.717, 1.165) is 6.42 Å². The van der Waals surface area contributed by atoms with Gasteiger partial charge >= 0.3 is 15.5 Å². The van der Waals surface area contributed by atoms with Crippen molar-refractivity contribution >= 4 is 15.5 Å². The van der Waals surface area contributed by atoms with Crippen molar-refractivity contribution in [3.63, 3.8) is 0 Å². The van der Waals surface area contributed by atoms with Crippen LogP contribution in [-0.4, -0.2) is 15.5 Å². The Balaban J connectivity index is 0.000000364. The lowest BCUT2D eigenvalue weighted by atomic mass is 10.1. The molecule has 0 heterocycles. The van der Waals surface area contributed by atoms with Crippen molar-refractivity contribution < 1.29 is 10.6 Å². The number of hydrogen-bond donors (Lipinski definition) is 0. The van der Waals surface area contributed by atoms with Gasteiger partial charge in [-0.05, 0) is 25.3 Å². The molecule has 1 rings (SSSR count). The SMILES string of the molecule is C[CH]Cc1ccc(C)cc1.[F][Al]([F])[F]. The van der Waals surface area contributed by atoms with Gasteiger partial charge in [0.2, 0.25) is 0 Å². The Bertz CT molecular complexity index is 231. The summed E-state index contributed by atoms with van der Waals surface area (Å²) in [7, 11) is 0. The summed E-state index contributed by atoms with van der Waals surface area (Å²) in [6, 6.07) is 8.66. The summed E-state index contributed by atoms with van der Waals surface area (Å²) < 4.78 is 29.4. The van der Waals surface area contributed by atoms with Crippen molar-refractivity contribution in [2.24, 2.45) is 0 Å². The van der Waals surface area contributed by atoms with Crippen LogP contribution in [0.3, 0.4) is 0 Å². The molecule has 0 atom stereocenters. The second-order valence-corrected chi connectivity index (χ2v) is 3.34. The van der Waals surface area contributed by atoms with Gasteiger partial charge < -0.3 is 10.6 Å². The van der Waals surface area contributed by atoms with Crippen LogP contribution in [0.15, 0.2) is 24.3 Å². The van der Waals surface area contributed by atoms with Gasteiger partial charge in [-0.15, -0.1) is 0 Å². The van der Waals surface area contributed by atoms with E-state index < -0.39 is 15.5 Å². The summed E-state index contributed by atoms with van der Waals surface area (Å²) >= 11 is -4.64. The van der Waals surface area contributed by atoms with Gasteiger partial charge in [-0.25, -0.2) is 0 Å². The third kappa shape index (κ3) is 8.15. The van der Waals surface area contributed by atoms with Gasteiger partial charge in [0.1, 0.15) is 0 Å². The fraction of sp³-hybridized carbons (Fsp3) is 0.300. The van der Waals surface area contributed by atoms with Crippen LogP contribution in [0.1, 0.15) is 18.1 Å². The van der Waals surface area contributed by atoms with Gasteiger partial charge in [0.15, 0.2) is 0 Å². The van der Waals surface area contributed by atoms with E-state index in [1.807, 2.05) is 0 Å².